The maximum absolute atomic E-state index is 12.6. The Bertz CT molecular complexity index is 828. The standard InChI is InChI=1S/C50H96O6/c1-4-7-10-13-16-18-19-20-21-22-23-24-25-26-27-28-29-30-31-32-33-35-37-40-43-49(52)55-46-47(45-54-48(51)42-39-36-15-12-9-6-3)56-50(53)44-41-38-34-17-14-11-8-5-2/h47H,4-46H2,1-3H3. The van der Waals surface area contributed by atoms with Gasteiger partial charge in [-0.3, -0.25) is 14.4 Å². The average Bonchev–Trinajstić information content (AvgIpc) is 3.19. The average molecular weight is 793 g/mol. The molecule has 0 bridgehead atoms. The molecule has 0 fully saturated rings. The molecule has 6 heteroatoms. The number of carbonyl (C=O) groups is 3. The SMILES string of the molecule is CCCCCCCCCCCCCCCCCCCCCCCCCCC(=O)OCC(COC(=O)CCCCCCCC)OC(=O)CCCCCCCCCC. The fourth-order valence-corrected chi connectivity index (χ4v) is 7.56. The summed E-state index contributed by atoms with van der Waals surface area (Å²) in [5, 5.41) is 0. The zero-order valence-electron chi connectivity index (χ0n) is 37.9. The molecule has 0 amide bonds. The van der Waals surface area contributed by atoms with Gasteiger partial charge < -0.3 is 14.2 Å². The molecule has 0 aromatic heterocycles. The van der Waals surface area contributed by atoms with Crippen molar-refractivity contribution < 1.29 is 28.6 Å². The highest BCUT2D eigenvalue weighted by Crippen LogP contribution is 2.17. The van der Waals surface area contributed by atoms with E-state index in [1.165, 1.54) is 186 Å². The number of carbonyl (C=O) groups excluding carboxylic acids is 3. The maximum Gasteiger partial charge on any atom is 0.306 e. The Morgan fingerprint density at radius 1 is 0.286 bits per heavy atom. The lowest BCUT2D eigenvalue weighted by Gasteiger charge is -2.18. The van der Waals surface area contributed by atoms with Crippen molar-refractivity contribution in [3.05, 3.63) is 0 Å². The first-order valence-corrected chi connectivity index (χ1v) is 25.0. The Kier molecular flexibility index (Phi) is 44.8. The van der Waals surface area contributed by atoms with E-state index in [-0.39, 0.29) is 31.1 Å². The number of hydrogen-bond donors (Lipinski definition) is 0. The summed E-state index contributed by atoms with van der Waals surface area (Å²) in [5.74, 6) is -0.864. The first-order valence-electron chi connectivity index (χ1n) is 25.0. The molecule has 0 N–H and O–H groups in total. The van der Waals surface area contributed by atoms with E-state index in [2.05, 4.69) is 20.8 Å². The van der Waals surface area contributed by atoms with Crippen LogP contribution in [0.15, 0.2) is 0 Å². The normalized spacial score (nSPS) is 11.8. The van der Waals surface area contributed by atoms with Crippen LogP contribution in [-0.2, 0) is 28.6 Å². The minimum atomic E-state index is -0.756. The van der Waals surface area contributed by atoms with Crippen LogP contribution in [0.3, 0.4) is 0 Å². The summed E-state index contributed by atoms with van der Waals surface area (Å²) in [5.41, 5.74) is 0. The van der Waals surface area contributed by atoms with Gasteiger partial charge in [0.2, 0.25) is 0 Å². The summed E-state index contributed by atoms with van der Waals surface area (Å²) in [7, 11) is 0. The largest absolute Gasteiger partial charge is 0.462 e. The van der Waals surface area contributed by atoms with Crippen LogP contribution in [0.4, 0.5) is 0 Å². The minimum absolute atomic E-state index is 0.0638. The number of esters is 3. The summed E-state index contributed by atoms with van der Waals surface area (Å²) in [4.78, 5) is 37.5. The van der Waals surface area contributed by atoms with E-state index >= 15 is 0 Å². The van der Waals surface area contributed by atoms with Crippen molar-refractivity contribution in [2.75, 3.05) is 13.2 Å². The van der Waals surface area contributed by atoms with Gasteiger partial charge in [-0.1, -0.05) is 245 Å². The van der Waals surface area contributed by atoms with Crippen LogP contribution in [0.5, 0.6) is 0 Å². The Morgan fingerprint density at radius 3 is 0.714 bits per heavy atom. The van der Waals surface area contributed by atoms with Crippen molar-refractivity contribution in [1.29, 1.82) is 0 Å². The lowest BCUT2D eigenvalue weighted by Crippen LogP contribution is -2.30. The van der Waals surface area contributed by atoms with Crippen LogP contribution in [0, 0.1) is 0 Å². The molecule has 0 aromatic carbocycles. The van der Waals surface area contributed by atoms with Crippen molar-refractivity contribution in [1.82, 2.24) is 0 Å². The Hall–Kier alpha value is -1.59. The van der Waals surface area contributed by atoms with Gasteiger partial charge in [0.15, 0.2) is 6.10 Å². The van der Waals surface area contributed by atoms with Crippen LogP contribution in [0.25, 0.3) is 0 Å². The van der Waals surface area contributed by atoms with Crippen molar-refractivity contribution in [2.24, 2.45) is 0 Å². The highest BCUT2D eigenvalue weighted by molar-refractivity contribution is 5.71. The predicted molar refractivity (Wildman–Crippen MR) is 238 cm³/mol. The molecule has 0 saturated heterocycles. The Labute approximate surface area is 348 Å². The van der Waals surface area contributed by atoms with Crippen molar-refractivity contribution >= 4 is 17.9 Å². The molecule has 0 aromatic rings. The predicted octanol–water partition coefficient (Wildman–Crippen LogP) is 16.0. The summed E-state index contributed by atoms with van der Waals surface area (Å²) in [6, 6.07) is 0. The van der Waals surface area contributed by atoms with E-state index in [9.17, 15) is 14.4 Å². The van der Waals surface area contributed by atoms with Crippen molar-refractivity contribution in [2.45, 2.75) is 290 Å². The molecular weight excluding hydrogens is 697 g/mol. The molecule has 1 unspecified atom stereocenters. The van der Waals surface area contributed by atoms with Gasteiger partial charge in [0.1, 0.15) is 13.2 Å². The van der Waals surface area contributed by atoms with Gasteiger partial charge in [0.25, 0.3) is 0 Å². The Morgan fingerprint density at radius 2 is 0.482 bits per heavy atom. The number of rotatable bonds is 46. The first kappa shape index (κ1) is 54.4. The highest BCUT2D eigenvalue weighted by Gasteiger charge is 2.19. The molecule has 56 heavy (non-hydrogen) atoms. The third-order valence-corrected chi connectivity index (χ3v) is 11.4. The molecule has 0 aliphatic heterocycles. The molecule has 6 nitrogen and oxygen atoms in total. The number of unbranched alkanes of at least 4 members (excludes halogenated alkanes) is 35. The summed E-state index contributed by atoms with van der Waals surface area (Å²) >= 11 is 0. The van der Waals surface area contributed by atoms with Gasteiger partial charge in [-0.2, -0.15) is 0 Å². The summed E-state index contributed by atoms with van der Waals surface area (Å²) < 4.78 is 16.6. The molecule has 0 radical (unpaired) electrons. The van der Waals surface area contributed by atoms with E-state index in [0.29, 0.717) is 19.3 Å². The van der Waals surface area contributed by atoms with Gasteiger partial charge in [0.05, 0.1) is 0 Å². The third-order valence-electron chi connectivity index (χ3n) is 11.4. The first-order chi connectivity index (χ1) is 27.5. The second-order valence-electron chi connectivity index (χ2n) is 17.1. The van der Waals surface area contributed by atoms with Gasteiger partial charge in [0, 0.05) is 19.3 Å². The van der Waals surface area contributed by atoms with Gasteiger partial charge >= 0.3 is 17.9 Å². The second-order valence-corrected chi connectivity index (χ2v) is 17.1. The van der Waals surface area contributed by atoms with Gasteiger partial charge in [-0.05, 0) is 19.3 Å². The molecule has 0 aliphatic carbocycles. The highest BCUT2D eigenvalue weighted by atomic mass is 16.6. The molecule has 0 rings (SSSR count). The third kappa shape index (κ3) is 43.5. The van der Waals surface area contributed by atoms with Crippen molar-refractivity contribution in [3.8, 4) is 0 Å². The summed E-state index contributed by atoms with van der Waals surface area (Å²) in [6.45, 7) is 6.58. The zero-order valence-corrected chi connectivity index (χ0v) is 37.9. The van der Waals surface area contributed by atoms with Crippen LogP contribution in [0.2, 0.25) is 0 Å². The van der Waals surface area contributed by atoms with Crippen molar-refractivity contribution in [3.63, 3.8) is 0 Å². The van der Waals surface area contributed by atoms with Crippen LogP contribution in [0.1, 0.15) is 284 Å². The quantitative estimate of drug-likeness (QED) is 0.0347. The lowest BCUT2D eigenvalue weighted by molar-refractivity contribution is -0.167. The van der Waals surface area contributed by atoms with Crippen LogP contribution in [-0.4, -0.2) is 37.2 Å². The van der Waals surface area contributed by atoms with Gasteiger partial charge in [-0.15, -0.1) is 0 Å². The van der Waals surface area contributed by atoms with Crippen LogP contribution >= 0.6 is 0 Å². The monoisotopic (exact) mass is 793 g/mol. The topological polar surface area (TPSA) is 78.9 Å². The molecule has 0 heterocycles. The van der Waals surface area contributed by atoms with E-state index in [1.807, 2.05) is 0 Å². The Balaban J connectivity index is 3.94. The molecule has 1 atom stereocenters. The second kappa shape index (κ2) is 46.1. The smallest absolute Gasteiger partial charge is 0.306 e. The maximum atomic E-state index is 12.6. The fraction of sp³-hybridized carbons (Fsp3) is 0.940. The molecule has 0 spiro atoms. The van der Waals surface area contributed by atoms with E-state index in [0.717, 1.165) is 57.8 Å². The molecular formula is C50H96O6. The molecule has 332 valence electrons. The lowest BCUT2D eigenvalue weighted by atomic mass is 10.0. The number of hydrogen-bond acceptors (Lipinski definition) is 6. The summed E-state index contributed by atoms with van der Waals surface area (Å²) in [6.07, 6.45) is 48.5. The van der Waals surface area contributed by atoms with E-state index < -0.39 is 6.10 Å². The number of ether oxygens (including phenoxy) is 3. The zero-order chi connectivity index (χ0) is 40.8. The fourth-order valence-electron chi connectivity index (χ4n) is 7.56. The van der Waals surface area contributed by atoms with E-state index in [1.54, 1.807) is 0 Å². The molecule has 0 saturated carbocycles. The van der Waals surface area contributed by atoms with E-state index in [4.69, 9.17) is 14.2 Å². The molecule has 0 aliphatic rings. The van der Waals surface area contributed by atoms with Crippen LogP contribution < -0.4 is 0 Å². The van der Waals surface area contributed by atoms with Gasteiger partial charge in [-0.25, -0.2) is 0 Å². The minimum Gasteiger partial charge on any atom is -0.462 e.